The van der Waals surface area contributed by atoms with Gasteiger partial charge in [0.15, 0.2) is 0 Å². The van der Waals surface area contributed by atoms with Crippen LogP contribution in [0.5, 0.6) is 0 Å². The third kappa shape index (κ3) is 2.73. The molecule has 0 spiro atoms. The number of rotatable bonds is 2. The van der Waals surface area contributed by atoms with E-state index in [9.17, 15) is 0 Å². The van der Waals surface area contributed by atoms with Gasteiger partial charge in [-0.1, -0.05) is 18.7 Å². The quantitative estimate of drug-likeness (QED) is 0.836. The molecule has 1 aromatic carbocycles. The number of aliphatic hydroxyl groups is 1. The van der Waals surface area contributed by atoms with Crippen LogP contribution in [0.15, 0.2) is 18.2 Å². The summed E-state index contributed by atoms with van der Waals surface area (Å²) >= 11 is 0. The number of benzene rings is 1. The van der Waals surface area contributed by atoms with Gasteiger partial charge in [-0.05, 0) is 5.69 Å². The summed E-state index contributed by atoms with van der Waals surface area (Å²) < 4.78 is 0. The minimum atomic E-state index is -0.0792. The van der Waals surface area contributed by atoms with Crippen LogP contribution < -0.4 is 0 Å². The molecule has 0 fully saturated rings. The molecule has 0 amide bonds. The molecule has 2 rings (SSSR count). The van der Waals surface area contributed by atoms with Gasteiger partial charge in [-0.2, -0.15) is 36.6 Å². The first kappa shape index (κ1) is 14.3. The maximum atomic E-state index is 9.07. The van der Waals surface area contributed by atoms with Crippen molar-refractivity contribution >= 4 is 0 Å². The smallest absolute Gasteiger partial charge is 0.0402 e. The Morgan fingerprint density at radius 2 is 2.06 bits per heavy atom. The Hall–Kier alpha value is -0.766. The summed E-state index contributed by atoms with van der Waals surface area (Å²) in [6, 6.07) is 5.99. The first-order valence-corrected chi connectivity index (χ1v) is 5.06. The fraction of sp³-hybridized carbons (Fsp3) is 0.154. The second-order valence-corrected chi connectivity index (χ2v) is 3.85. The molecule has 0 aliphatic rings. The number of aliphatic hydroxyl groups excluding tert-OH is 1. The molecule has 1 radical (unpaired) electrons. The third-order valence-electron chi connectivity index (χ3n) is 2.63. The molecule has 1 aromatic heterocycles. The molecule has 87 valence electrons. The molecule has 17 heavy (non-hydrogen) atoms. The summed E-state index contributed by atoms with van der Waals surface area (Å²) in [4.78, 5) is 0. The Bertz CT molecular complexity index is 520. The van der Waals surface area contributed by atoms with Gasteiger partial charge in [0.2, 0.25) is 0 Å². The molecule has 0 aliphatic carbocycles. The zero-order valence-corrected chi connectivity index (χ0v) is 12.7. The van der Waals surface area contributed by atoms with Crippen LogP contribution in [0.4, 0.5) is 0 Å². The van der Waals surface area contributed by atoms with Crippen LogP contribution >= 0.6 is 0 Å². The van der Waals surface area contributed by atoms with Gasteiger partial charge in [0.05, 0.1) is 0 Å². The van der Waals surface area contributed by atoms with Crippen LogP contribution in [-0.4, -0.2) is 15.3 Å². The maximum absolute atomic E-state index is 9.07. The van der Waals surface area contributed by atoms with Gasteiger partial charge in [-0.15, -0.1) is 11.6 Å². The topological polar surface area (TPSA) is 48.9 Å². The molecule has 0 unspecified atom stereocenters. The first-order chi connectivity index (χ1) is 7.63. The average molecular weight is 303 g/mol. The SMILES string of the molecule is [CH2-]c1cc(C)ccc1-c1n[nH]c(CO)c1[CH2-].[Y]. The summed E-state index contributed by atoms with van der Waals surface area (Å²) in [7, 11) is 0. The Morgan fingerprint density at radius 3 is 2.59 bits per heavy atom. The predicted molar refractivity (Wildman–Crippen MR) is 63.6 cm³/mol. The Labute approximate surface area is 127 Å². The maximum Gasteiger partial charge on any atom is 0.0402 e. The Morgan fingerprint density at radius 1 is 1.35 bits per heavy atom. The van der Waals surface area contributed by atoms with Crippen LogP contribution in [0.1, 0.15) is 22.4 Å². The summed E-state index contributed by atoms with van der Waals surface area (Å²) in [5, 5.41) is 16.0. The number of hydrogen-bond acceptors (Lipinski definition) is 2. The second kappa shape index (κ2) is 5.72. The number of nitrogens with one attached hydrogen (secondary N) is 1. The number of H-pyrrole nitrogens is 1. The van der Waals surface area contributed by atoms with Gasteiger partial charge in [-0.3, -0.25) is 5.10 Å². The predicted octanol–water partition coefficient (Wildman–Crippen LogP) is 2.24. The van der Waals surface area contributed by atoms with E-state index in [0.717, 1.165) is 27.9 Å². The second-order valence-electron chi connectivity index (χ2n) is 3.85. The fourth-order valence-electron chi connectivity index (χ4n) is 1.71. The van der Waals surface area contributed by atoms with E-state index >= 15 is 0 Å². The molecule has 4 heteroatoms. The monoisotopic (exact) mass is 303 g/mol. The van der Waals surface area contributed by atoms with E-state index < -0.39 is 0 Å². The van der Waals surface area contributed by atoms with E-state index in [1.807, 2.05) is 25.1 Å². The van der Waals surface area contributed by atoms with Crippen molar-refractivity contribution in [2.45, 2.75) is 13.5 Å². The van der Waals surface area contributed by atoms with E-state index in [1.54, 1.807) is 0 Å². The largest absolute Gasteiger partial charge is 0.402 e. The fourth-order valence-corrected chi connectivity index (χ4v) is 1.71. The minimum Gasteiger partial charge on any atom is -0.402 e. The van der Waals surface area contributed by atoms with Gasteiger partial charge in [0, 0.05) is 39.3 Å². The van der Waals surface area contributed by atoms with Crippen molar-refractivity contribution in [1.29, 1.82) is 0 Å². The summed E-state index contributed by atoms with van der Waals surface area (Å²) in [5.41, 5.74) is 5.17. The normalized spacial score (nSPS) is 10.0. The zero-order chi connectivity index (χ0) is 11.7. The van der Waals surface area contributed by atoms with Crippen LogP contribution in [0.25, 0.3) is 11.3 Å². The molecular formula is C13H14N2OY-2. The molecule has 0 bridgehead atoms. The molecular weight excluding hydrogens is 289 g/mol. The Balaban J connectivity index is 0.00000144. The molecule has 3 nitrogen and oxygen atoms in total. The van der Waals surface area contributed by atoms with Crippen LogP contribution in [-0.2, 0) is 39.3 Å². The molecule has 1 heterocycles. The minimum absolute atomic E-state index is 0. The van der Waals surface area contributed by atoms with Crippen molar-refractivity contribution in [3.05, 3.63) is 54.4 Å². The standard InChI is InChI=1S/C13H14N2O.Y/c1-8-4-5-11(9(2)6-8)13-10(3)12(7-16)14-15-13;/h4-6,16H,2-3,7H2,1H3,(H,14,15);/q-2;. The van der Waals surface area contributed by atoms with Crippen molar-refractivity contribution in [3.8, 4) is 11.3 Å². The van der Waals surface area contributed by atoms with Crippen molar-refractivity contribution in [3.63, 3.8) is 0 Å². The van der Waals surface area contributed by atoms with Crippen molar-refractivity contribution in [2.75, 3.05) is 0 Å². The molecule has 0 atom stereocenters. The average Bonchev–Trinajstić information content (AvgIpc) is 2.60. The number of aromatic amines is 1. The molecule has 2 aromatic rings. The van der Waals surface area contributed by atoms with Crippen molar-refractivity contribution < 1.29 is 37.8 Å². The van der Waals surface area contributed by atoms with Crippen molar-refractivity contribution in [1.82, 2.24) is 10.2 Å². The number of hydrogen-bond donors (Lipinski definition) is 2. The van der Waals surface area contributed by atoms with E-state index in [1.165, 1.54) is 0 Å². The summed E-state index contributed by atoms with van der Waals surface area (Å²) in [6.45, 7) is 9.84. The van der Waals surface area contributed by atoms with E-state index in [4.69, 9.17) is 5.11 Å². The zero-order valence-electron chi connectivity index (χ0n) is 9.83. The van der Waals surface area contributed by atoms with Gasteiger partial charge >= 0.3 is 0 Å². The van der Waals surface area contributed by atoms with Crippen LogP contribution in [0.2, 0.25) is 0 Å². The van der Waals surface area contributed by atoms with Crippen LogP contribution in [0, 0.1) is 20.8 Å². The van der Waals surface area contributed by atoms with Gasteiger partial charge in [-0.25, -0.2) is 0 Å². The summed E-state index contributed by atoms with van der Waals surface area (Å²) in [6.07, 6.45) is 0. The molecule has 0 saturated heterocycles. The van der Waals surface area contributed by atoms with Crippen molar-refractivity contribution in [2.24, 2.45) is 0 Å². The first-order valence-electron chi connectivity index (χ1n) is 5.06. The number of nitrogens with zero attached hydrogens (tertiary/aromatic N) is 1. The van der Waals surface area contributed by atoms with Gasteiger partial charge < -0.3 is 10.2 Å². The third-order valence-corrected chi connectivity index (χ3v) is 2.63. The van der Waals surface area contributed by atoms with E-state index in [2.05, 4.69) is 24.0 Å². The van der Waals surface area contributed by atoms with E-state index in [-0.39, 0.29) is 39.3 Å². The molecule has 0 aliphatic heterocycles. The van der Waals surface area contributed by atoms with Gasteiger partial charge in [0.1, 0.15) is 0 Å². The number of aromatic nitrogens is 2. The molecule has 0 saturated carbocycles. The Kier molecular flexibility index (Phi) is 4.81. The van der Waals surface area contributed by atoms with Gasteiger partial charge in [0.25, 0.3) is 0 Å². The molecule has 2 N–H and O–H groups in total. The van der Waals surface area contributed by atoms with Crippen LogP contribution in [0.3, 0.4) is 0 Å². The summed E-state index contributed by atoms with van der Waals surface area (Å²) in [5.74, 6) is 0. The van der Waals surface area contributed by atoms with E-state index in [0.29, 0.717) is 5.69 Å². The number of aryl methyl sites for hydroxylation is 1.